The number of amides is 2. The lowest BCUT2D eigenvalue weighted by Gasteiger charge is -2.32. The van der Waals surface area contributed by atoms with Crippen molar-refractivity contribution >= 4 is 67.6 Å². The van der Waals surface area contributed by atoms with Gasteiger partial charge in [-0.05, 0) is 66.2 Å². The Morgan fingerprint density at radius 1 is 1.09 bits per heavy atom. The Bertz CT molecular complexity index is 1190. The van der Waals surface area contributed by atoms with Gasteiger partial charge in [0.25, 0.3) is 0 Å². The minimum atomic E-state index is -0.642. The van der Waals surface area contributed by atoms with Crippen LogP contribution in [-0.2, 0) is 16.1 Å². The number of rotatable bonds is 5. The van der Waals surface area contributed by atoms with Crippen molar-refractivity contribution in [2.45, 2.75) is 18.2 Å². The molecule has 1 saturated heterocycles. The molecule has 0 spiro atoms. The molecular weight excluding hydrogens is 529 g/mol. The normalized spacial score (nSPS) is 17.3. The summed E-state index contributed by atoms with van der Waals surface area (Å²) in [4.78, 5) is 32.1. The lowest BCUT2D eigenvalue weighted by atomic mass is 10.2. The van der Waals surface area contributed by atoms with Crippen LogP contribution >= 0.6 is 39.3 Å². The first-order valence-corrected chi connectivity index (χ1v) is 12.0. The summed E-state index contributed by atoms with van der Waals surface area (Å²) in [6.07, 6.45) is 0.0217. The maximum absolute atomic E-state index is 13.3. The average Bonchev–Trinajstić information content (AvgIpc) is 2.80. The highest BCUT2D eigenvalue weighted by Crippen LogP contribution is 2.31. The Morgan fingerprint density at radius 3 is 2.42 bits per heavy atom. The number of anilines is 1. The molecule has 1 fully saturated rings. The highest BCUT2D eigenvalue weighted by molar-refractivity contribution is 9.10. The van der Waals surface area contributed by atoms with E-state index in [0.717, 1.165) is 10.0 Å². The Balaban J connectivity index is 1.59. The fourth-order valence-corrected chi connectivity index (χ4v) is 4.64. The third kappa shape index (κ3) is 6.22. The van der Waals surface area contributed by atoms with Crippen molar-refractivity contribution in [2.24, 2.45) is 4.99 Å². The van der Waals surface area contributed by atoms with E-state index < -0.39 is 5.25 Å². The van der Waals surface area contributed by atoms with Gasteiger partial charge in [0.2, 0.25) is 11.8 Å². The summed E-state index contributed by atoms with van der Waals surface area (Å²) < 4.78 is 14.2. The van der Waals surface area contributed by atoms with Crippen molar-refractivity contribution in [3.63, 3.8) is 0 Å². The van der Waals surface area contributed by atoms with Crippen molar-refractivity contribution in [2.75, 3.05) is 5.32 Å². The van der Waals surface area contributed by atoms with Crippen molar-refractivity contribution < 1.29 is 14.0 Å². The molecule has 3 aromatic rings. The second kappa shape index (κ2) is 10.5. The number of amidine groups is 1. The Hall–Kier alpha value is -2.68. The lowest BCUT2D eigenvalue weighted by Crippen LogP contribution is -2.44. The van der Waals surface area contributed by atoms with Crippen LogP contribution < -0.4 is 5.32 Å². The van der Waals surface area contributed by atoms with E-state index in [9.17, 15) is 14.0 Å². The minimum Gasteiger partial charge on any atom is -0.325 e. The first-order valence-electron chi connectivity index (χ1n) is 9.99. The van der Waals surface area contributed by atoms with Gasteiger partial charge in [-0.1, -0.05) is 51.4 Å². The third-order valence-electron chi connectivity index (χ3n) is 4.85. The van der Waals surface area contributed by atoms with Gasteiger partial charge >= 0.3 is 0 Å². The van der Waals surface area contributed by atoms with Gasteiger partial charge in [0.05, 0.1) is 12.2 Å². The molecule has 3 aromatic carbocycles. The topological polar surface area (TPSA) is 61.8 Å². The van der Waals surface area contributed by atoms with Crippen LogP contribution in [0.15, 0.2) is 82.3 Å². The molecule has 5 nitrogen and oxygen atoms in total. The van der Waals surface area contributed by atoms with Gasteiger partial charge in [-0.3, -0.25) is 14.5 Å². The zero-order chi connectivity index (χ0) is 23.4. The van der Waals surface area contributed by atoms with Crippen LogP contribution in [0.3, 0.4) is 0 Å². The van der Waals surface area contributed by atoms with E-state index >= 15 is 0 Å². The van der Waals surface area contributed by atoms with Crippen LogP contribution in [0.4, 0.5) is 15.8 Å². The molecular formula is C24H18BrClFN3O2S. The maximum atomic E-state index is 13.3. The molecule has 1 aliphatic heterocycles. The molecule has 0 unspecified atom stereocenters. The van der Waals surface area contributed by atoms with E-state index in [1.54, 1.807) is 48.5 Å². The predicted octanol–water partition coefficient (Wildman–Crippen LogP) is 6.40. The smallest absolute Gasteiger partial charge is 0.238 e. The van der Waals surface area contributed by atoms with Crippen molar-refractivity contribution in [1.82, 2.24) is 4.90 Å². The van der Waals surface area contributed by atoms with E-state index in [4.69, 9.17) is 11.6 Å². The van der Waals surface area contributed by atoms with Crippen LogP contribution in [0.25, 0.3) is 0 Å². The summed E-state index contributed by atoms with van der Waals surface area (Å²) in [7, 11) is 0. The zero-order valence-electron chi connectivity index (χ0n) is 17.2. The van der Waals surface area contributed by atoms with Gasteiger partial charge in [-0.25, -0.2) is 9.38 Å². The Morgan fingerprint density at radius 2 is 1.76 bits per heavy atom. The van der Waals surface area contributed by atoms with Gasteiger partial charge in [-0.2, -0.15) is 0 Å². The van der Waals surface area contributed by atoms with Crippen LogP contribution in [0, 0.1) is 5.82 Å². The molecule has 1 heterocycles. The summed E-state index contributed by atoms with van der Waals surface area (Å²) in [5, 5.41) is 3.18. The highest BCUT2D eigenvalue weighted by Gasteiger charge is 2.36. The first-order chi connectivity index (χ1) is 15.9. The quantitative estimate of drug-likeness (QED) is 0.403. The van der Waals surface area contributed by atoms with Crippen molar-refractivity contribution in [1.29, 1.82) is 0 Å². The van der Waals surface area contributed by atoms with E-state index in [0.29, 0.717) is 21.6 Å². The molecule has 4 rings (SSSR count). The van der Waals surface area contributed by atoms with Crippen LogP contribution in [0.1, 0.15) is 12.0 Å². The monoisotopic (exact) mass is 545 g/mol. The predicted molar refractivity (Wildman–Crippen MR) is 134 cm³/mol. The highest BCUT2D eigenvalue weighted by atomic mass is 79.9. The molecule has 1 N–H and O–H groups in total. The Labute approximate surface area is 208 Å². The number of halogens is 3. The largest absolute Gasteiger partial charge is 0.325 e. The number of nitrogens with one attached hydrogen (secondary N) is 1. The molecule has 0 aromatic heterocycles. The molecule has 1 atom stereocenters. The minimum absolute atomic E-state index is 0.0217. The summed E-state index contributed by atoms with van der Waals surface area (Å²) in [5.74, 6) is -0.861. The molecule has 33 heavy (non-hydrogen) atoms. The Kier molecular flexibility index (Phi) is 7.47. The number of carbonyl (C=O) groups excluding carboxylic acids is 2. The molecule has 168 valence electrons. The number of hydrogen-bond donors (Lipinski definition) is 1. The fraction of sp³-hybridized carbons (Fsp3) is 0.125. The van der Waals surface area contributed by atoms with Crippen molar-refractivity contribution in [3.8, 4) is 0 Å². The van der Waals surface area contributed by atoms with Gasteiger partial charge in [-0.15, -0.1) is 0 Å². The summed E-state index contributed by atoms with van der Waals surface area (Å²) in [5.41, 5.74) is 2.00. The summed E-state index contributed by atoms with van der Waals surface area (Å²) >= 11 is 10.6. The molecule has 1 aliphatic rings. The standard InChI is InChI=1S/C24H18BrClFN3O2S/c25-16-3-9-19(10-4-16)28-23(32)21-13-22(31)30(14-15-1-7-18(27)8-2-15)24(33-21)29-20-11-5-17(26)6-12-20/h1-12,21H,13-14H2,(H,28,32)/t21-/m0/s1. The van der Waals surface area contributed by atoms with E-state index in [1.807, 2.05) is 12.1 Å². The summed E-state index contributed by atoms with van der Waals surface area (Å²) in [6.45, 7) is 0.222. The van der Waals surface area contributed by atoms with E-state index in [1.165, 1.54) is 28.8 Å². The number of benzene rings is 3. The second-order valence-electron chi connectivity index (χ2n) is 7.28. The average molecular weight is 547 g/mol. The SMILES string of the molecule is O=C(Nc1ccc(Br)cc1)[C@@H]1CC(=O)N(Cc2ccc(F)cc2)C(=Nc2ccc(Cl)cc2)S1. The summed E-state index contributed by atoms with van der Waals surface area (Å²) in [6, 6.07) is 20.0. The van der Waals surface area contributed by atoms with Crippen molar-refractivity contribution in [3.05, 3.63) is 93.7 Å². The fourth-order valence-electron chi connectivity index (χ4n) is 3.15. The lowest BCUT2D eigenvalue weighted by molar-refractivity contribution is -0.129. The van der Waals surface area contributed by atoms with Gasteiger partial charge < -0.3 is 5.32 Å². The molecule has 9 heteroatoms. The molecule has 0 aliphatic carbocycles. The van der Waals surface area contributed by atoms with E-state index in [-0.39, 0.29) is 30.6 Å². The van der Waals surface area contributed by atoms with Crippen LogP contribution in [0.5, 0.6) is 0 Å². The molecule has 0 radical (unpaired) electrons. The van der Waals surface area contributed by atoms with Crippen LogP contribution in [0.2, 0.25) is 5.02 Å². The second-order valence-corrected chi connectivity index (χ2v) is 9.81. The third-order valence-corrected chi connectivity index (χ3v) is 6.82. The molecule has 0 bridgehead atoms. The number of thioether (sulfide) groups is 1. The van der Waals surface area contributed by atoms with E-state index in [2.05, 4.69) is 26.2 Å². The maximum Gasteiger partial charge on any atom is 0.238 e. The number of nitrogens with zero attached hydrogens (tertiary/aromatic N) is 2. The molecule has 2 amide bonds. The number of carbonyl (C=O) groups is 2. The van der Waals surface area contributed by atoms with Gasteiger partial charge in [0, 0.05) is 21.6 Å². The van der Waals surface area contributed by atoms with Gasteiger partial charge in [0.1, 0.15) is 11.1 Å². The number of aliphatic imine (C=N–C) groups is 1. The molecule has 0 saturated carbocycles. The zero-order valence-corrected chi connectivity index (χ0v) is 20.3. The van der Waals surface area contributed by atoms with Crippen LogP contribution in [-0.4, -0.2) is 27.1 Å². The number of hydrogen-bond acceptors (Lipinski definition) is 4. The first kappa shape index (κ1) is 23.5. The van der Waals surface area contributed by atoms with Gasteiger partial charge in [0.15, 0.2) is 5.17 Å².